The Bertz CT molecular complexity index is 593. The maximum Gasteiger partial charge on any atom is 0.227 e. The third-order valence-corrected chi connectivity index (χ3v) is 4.72. The first-order valence-electron chi connectivity index (χ1n) is 7.21. The van der Waals surface area contributed by atoms with Gasteiger partial charge in [0.25, 0.3) is 0 Å². The van der Waals surface area contributed by atoms with E-state index in [2.05, 4.69) is 31.6 Å². The molecule has 2 aliphatic rings. The number of hydrogen-bond acceptors (Lipinski definition) is 3. The zero-order chi connectivity index (χ0) is 13.7. The van der Waals surface area contributed by atoms with Gasteiger partial charge in [-0.1, -0.05) is 0 Å². The SMILES string of the molecule is CCn1c(-c2ccc[nH]2)nnc1N1C[C@@H]2C(CF)[C@@H]2C1. The molecule has 1 saturated heterocycles. The summed E-state index contributed by atoms with van der Waals surface area (Å²) in [7, 11) is 0. The van der Waals surface area contributed by atoms with Gasteiger partial charge in [-0.25, -0.2) is 0 Å². The molecule has 0 bridgehead atoms. The van der Waals surface area contributed by atoms with Crippen LogP contribution in [-0.2, 0) is 6.54 Å². The van der Waals surface area contributed by atoms with Gasteiger partial charge in [-0.2, -0.15) is 0 Å². The fourth-order valence-electron chi connectivity index (χ4n) is 3.53. The number of nitrogens with one attached hydrogen (secondary N) is 1. The van der Waals surface area contributed by atoms with E-state index in [0.29, 0.717) is 17.8 Å². The molecule has 3 atom stereocenters. The van der Waals surface area contributed by atoms with Crippen LogP contribution < -0.4 is 4.90 Å². The second-order valence-electron chi connectivity index (χ2n) is 5.70. The number of fused-ring (bicyclic) bond motifs is 1. The van der Waals surface area contributed by atoms with E-state index in [1.807, 2.05) is 18.3 Å². The molecule has 1 N–H and O–H groups in total. The highest BCUT2D eigenvalue weighted by Crippen LogP contribution is 2.52. The molecule has 106 valence electrons. The third kappa shape index (κ3) is 1.60. The molecule has 5 nitrogen and oxygen atoms in total. The number of halogens is 1. The van der Waals surface area contributed by atoms with Crippen LogP contribution in [0.2, 0.25) is 0 Å². The number of H-pyrrole nitrogens is 1. The van der Waals surface area contributed by atoms with Crippen LogP contribution in [0.15, 0.2) is 18.3 Å². The van der Waals surface area contributed by atoms with Crippen molar-refractivity contribution in [1.82, 2.24) is 19.7 Å². The summed E-state index contributed by atoms with van der Waals surface area (Å²) in [6.07, 6.45) is 1.89. The van der Waals surface area contributed by atoms with E-state index in [9.17, 15) is 4.39 Å². The van der Waals surface area contributed by atoms with Crippen molar-refractivity contribution in [1.29, 1.82) is 0 Å². The number of aromatic nitrogens is 4. The van der Waals surface area contributed by atoms with Gasteiger partial charge in [0.2, 0.25) is 5.95 Å². The number of aromatic amines is 1. The van der Waals surface area contributed by atoms with Crippen LogP contribution >= 0.6 is 0 Å². The molecule has 0 aromatic carbocycles. The molecule has 20 heavy (non-hydrogen) atoms. The number of piperidine rings is 1. The first kappa shape index (κ1) is 11.9. The van der Waals surface area contributed by atoms with Crippen molar-refractivity contribution in [2.75, 3.05) is 24.7 Å². The Morgan fingerprint density at radius 1 is 1.35 bits per heavy atom. The maximum atomic E-state index is 12.7. The summed E-state index contributed by atoms with van der Waals surface area (Å²) in [6.45, 7) is 4.59. The summed E-state index contributed by atoms with van der Waals surface area (Å²) in [4.78, 5) is 5.43. The van der Waals surface area contributed by atoms with E-state index in [1.54, 1.807) is 0 Å². The van der Waals surface area contributed by atoms with Crippen molar-refractivity contribution in [2.24, 2.45) is 17.8 Å². The van der Waals surface area contributed by atoms with Crippen molar-refractivity contribution in [3.05, 3.63) is 18.3 Å². The lowest BCUT2D eigenvalue weighted by Gasteiger charge is -2.20. The van der Waals surface area contributed by atoms with E-state index < -0.39 is 0 Å². The average molecular weight is 275 g/mol. The Hall–Kier alpha value is -1.85. The molecule has 2 fully saturated rings. The van der Waals surface area contributed by atoms with Crippen molar-refractivity contribution < 1.29 is 4.39 Å². The zero-order valence-electron chi connectivity index (χ0n) is 11.5. The van der Waals surface area contributed by atoms with Gasteiger partial charge in [-0.3, -0.25) is 8.96 Å². The van der Waals surface area contributed by atoms with Gasteiger partial charge in [0.05, 0.1) is 12.4 Å². The van der Waals surface area contributed by atoms with E-state index in [4.69, 9.17) is 0 Å². The first-order valence-corrected chi connectivity index (χ1v) is 7.21. The molecule has 1 saturated carbocycles. The number of rotatable bonds is 4. The van der Waals surface area contributed by atoms with Crippen LogP contribution in [0.5, 0.6) is 0 Å². The molecule has 6 heteroatoms. The second-order valence-corrected chi connectivity index (χ2v) is 5.70. The highest BCUT2D eigenvalue weighted by molar-refractivity contribution is 5.53. The molecule has 3 heterocycles. The lowest BCUT2D eigenvalue weighted by molar-refractivity contribution is 0.419. The predicted octanol–water partition coefficient (Wildman–Crippen LogP) is 1.94. The minimum absolute atomic E-state index is 0.169. The summed E-state index contributed by atoms with van der Waals surface area (Å²) in [5, 5.41) is 8.68. The fraction of sp³-hybridized carbons (Fsp3) is 0.571. The largest absolute Gasteiger partial charge is 0.359 e. The van der Waals surface area contributed by atoms with Gasteiger partial charge in [0, 0.05) is 25.8 Å². The smallest absolute Gasteiger partial charge is 0.227 e. The summed E-state index contributed by atoms with van der Waals surface area (Å²) in [5.41, 5.74) is 0.983. The van der Waals surface area contributed by atoms with Crippen molar-refractivity contribution >= 4 is 5.95 Å². The molecule has 1 unspecified atom stereocenters. The number of anilines is 1. The monoisotopic (exact) mass is 275 g/mol. The van der Waals surface area contributed by atoms with Crippen molar-refractivity contribution in [3.63, 3.8) is 0 Å². The topological polar surface area (TPSA) is 49.7 Å². The first-order chi connectivity index (χ1) is 9.83. The van der Waals surface area contributed by atoms with E-state index >= 15 is 0 Å². The van der Waals surface area contributed by atoms with Gasteiger partial charge >= 0.3 is 0 Å². The summed E-state index contributed by atoms with van der Waals surface area (Å²) in [6, 6.07) is 3.96. The van der Waals surface area contributed by atoms with Gasteiger partial charge in [-0.15, -0.1) is 10.2 Å². The molecular weight excluding hydrogens is 257 g/mol. The minimum atomic E-state index is -0.169. The minimum Gasteiger partial charge on any atom is -0.359 e. The molecule has 1 aliphatic carbocycles. The van der Waals surface area contributed by atoms with Crippen molar-refractivity contribution in [2.45, 2.75) is 13.5 Å². The third-order valence-electron chi connectivity index (χ3n) is 4.72. The lowest BCUT2D eigenvalue weighted by Crippen LogP contribution is -2.27. The normalized spacial score (nSPS) is 27.9. The number of alkyl halides is 1. The lowest BCUT2D eigenvalue weighted by atomic mass is 10.3. The highest BCUT2D eigenvalue weighted by atomic mass is 19.1. The molecule has 1 aliphatic heterocycles. The Morgan fingerprint density at radius 2 is 2.15 bits per heavy atom. The summed E-state index contributed by atoms with van der Waals surface area (Å²) < 4.78 is 14.8. The van der Waals surface area contributed by atoms with Gasteiger partial charge < -0.3 is 9.88 Å². The highest BCUT2D eigenvalue weighted by Gasteiger charge is 2.56. The second kappa shape index (κ2) is 4.33. The quantitative estimate of drug-likeness (QED) is 0.927. The van der Waals surface area contributed by atoms with Gasteiger partial charge in [0.15, 0.2) is 5.82 Å². The van der Waals surface area contributed by atoms with Gasteiger partial charge in [0.1, 0.15) is 0 Å². The Kier molecular flexibility index (Phi) is 2.58. The Balaban J connectivity index is 1.61. The Morgan fingerprint density at radius 3 is 2.75 bits per heavy atom. The standard InChI is InChI=1S/C14H18FN5/c1-2-20-13(12-4-3-5-16-12)17-18-14(20)19-7-10-9(6-15)11(10)8-19/h3-5,9-11,16H,2,6-8H2,1H3/t9?,10-,11+. The fourth-order valence-corrected chi connectivity index (χ4v) is 3.53. The molecule has 0 amide bonds. The molecular formula is C14H18FN5. The van der Waals surface area contributed by atoms with E-state index in [-0.39, 0.29) is 6.67 Å². The molecule has 0 spiro atoms. The molecule has 4 rings (SSSR count). The maximum absolute atomic E-state index is 12.7. The van der Waals surface area contributed by atoms with E-state index in [0.717, 1.165) is 37.1 Å². The molecule has 2 aromatic heterocycles. The van der Waals surface area contributed by atoms with E-state index in [1.165, 1.54) is 0 Å². The molecule has 2 aromatic rings. The van der Waals surface area contributed by atoms with Crippen LogP contribution in [0, 0.1) is 17.8 Å². The van der Waals surface area contributed by atoms with Crippen molar-refractivity contribution in [3.8, 4) is 11.5 Å². The van der Waals surface area contributed by atoms with Crippen LogP contribution in [-0.4, -0.2) is 39.5 Å². The average Bonchev–Trinajstić information content (AvgIpc) is 3.00. The number of nitrogens with zero attached hydrogens (tertiary/aromatic N) is 4. The van der Waals surface area contributed by atoms with Crippen LogP contribution in [0.25, 0.3) is 11.5 Å². The van der Waals surface area contributed by atoms with Gasteiger partial charge in [-0.05, 0) is 36.8 Å². The summed E-state index contributed by atoms with van der Waals surface area (Å²) in [5.74, 6) is 3.14. The molecule has 0 radical (unpaired) electrons. The number of hydrogen-bond donors (Lipinski definition) is 1. The zero-order valence-corrected chi connectivity index (χ0v) is 11.5. The van der Waals surface area contributed by atoms with Crippen LogP contribution in [0.3, 0.4) is 0 Å². The van der Waals surface area contributed by atoms with Crippen LogP contribution in [0.4, 0.5) is 10.3 Å². The Labute approximate surface area is 116 Å². The summed E-state index contributed by atoms with van der Waals surface area (Å²) >= 11 is 0. The predicted molar refractivity (Wildman–Crippen MR) is 74.1 cm³/mol. The van der Waals surface area contributed by atoms with Crippen LogP contribution in [0.1, 0.15) is 6.92 Å².